The number of aromatic amines is 1. The molecule has 4 N–H and O–H groups in total. The predicted molar refractivity (Wildman–Crippen MR) is 110 cm³/mol. The fraction of sp³-hybridized carbons (Fsp3) is 0.200. The molecule has 1 fully saturated rings. The van der Waals surface area contributed by atoms with Gasteiger partial charge in [0.05, 0.1) is 22.9 Å². The second kappa shape index (κ2) is 6.90. The van der Waals surface area contributed by atoms with Crippen LogP contribution in [0.4, 0.5) is 11.6 Å². The normalized spacial score (nSPS) is 14.5. The van der Waals surface area contributed by atoms with Crippen molar-refractivity contribution in [2.24, 2.45) is 0 Å². The highest BCUT2D eigenvalue weighted by Gasteiger charge is 2.15. The van der Waals surface area contributed by atoms with Crippen LogP contribution in [0.5, 0.6) is 0 Å². The topological polar surface area (TPSA) is 109 Å². The van der Waals surface area contributed by atoms with Gasteiger partial charge in [-0.1, -0.05) is 12.1 Å². The van der Waals surface area contributed by atoms with Crippen LogP contribution in [0, 0.1) is 0 Å². The first-order valence-electron chi connectivity index (χ1n) is 9.28. The Balaban J connectivity index is 1.48. The lowest BCUT2D eigenvalue weighted by Crippen LogP contribution is -2.43. The summed E-state index contributed by atoms with van der Waals surface area (Å²) in [5.41, 5.74) is 10.0. The van der Waals surface area contributed by atoms with Crippen molar-refractivity contribution in [3.63, 3.8) is 0 Å². The number of imidazole rings is 1. The van der Waals surface area contributed by atoms with Gasteiger partial charge in [0.2, 0.25) is 0 Å². The maximum absolute atomic E-state index is 6.08. The van der Waals surface area contributed by atoms with Gasteiger partial charge < -0.3 is 20.9 Å². The van der Waals surface area contributed by atoms with E-state index in [-0.39, 0.29) is 0 Å². The number of para-hydroxylation sites is 2. The summed E-state index contributed by atoms with van der Waals surface area (Å²) in [6.07, 6.45) is 3.50. The molecular formula is C20H20N8. The molecule has 5 rings (SSSR count). The monoisotopic (exact) mass is 372 g/mol. The van der Waals surface area contributed by atoms with Gasteiger partial charge in [0.15, 0.2) is 11.6 Å². The van der Waals surface area contributed by atoms with Crippen molar-refractivity contribution >= 4 is 22.7 Å². The summed E-state index contributed by atoms with van der Waals surface area (Å²) >= 11 is 0. The summed E-state index contributed by atoms with van der Waals surface area (Å²) in [4.78, 5) is 23.8. The van der Waals surface area contributed by atoms with Crippen molar-refractivity contribution in [1.82, 2.24) is 30.2 Å². The average molecular weight is 372 g/mol. The summed E-state index contributed by atoms with van der Waals surface area (Å²) in [7, 11) is 0. The van der Waals surface area contributed by atoms with Gasteiger partial charge in [-0.05, 0) is 24.3 Å². The lowest BCUT2D eigenvalue weighted by atomic mass is 10.2. The number of hydrogen-bond acceptors (Lipinski definition) is 7. The number of rotatable bonds is 3. The first-order chi connectivity index (χ1) is 13.8. The fourth-order valence-corrected chi connectivity index (χ4v) is 3.40. The highest BCUT2D eigenvalue weighted by molar-refractivity contribution is 5.80. The minimum atomic E-state index is 0.341. The van der Waals surface area contributed by atoms with Crippen LogP contribution in [0.3, 0.4) is 0 Å². The minimum Gasteiger partial charge on any atom is -0.382 e. The van der Waals surface area contributed by atoms with E-state index in [1.54, 1.807) is 6.20 Å². The summed E-state index contributed by atoms with van der Waals surface area (Å²) in [5.74, 6) is 1.93. The molecule has 1 aliphatic heterocycles. The molecule has 0 amide bonds. The molecule has 1 saturated heterocycles. The standard InChI is InChI=1S/C20H20N8/c21-19-18(20-26-14-3-1-2-4-15(14)27-20)25-16(12-24-19)13-5-6-17(23-11-13)28-9-7-22-8-10-28/h1-6,11-12,22H,7-10H2,(H2,21,24)(H,26,27). The second-order valence-corrected chi connectivity index (χ2v) is 6.73. The maximum atomic E-state index is 6.08. The number of fused-ring (bicyclic) bond motifs is 1. The molecule has 0 aliphatic carbocycles. The molecule has 8 heteroatoms. The number of nitrogens with one attached hydrogen (secondary N) is 2. The number of anilines is 2. The van der Waals surface area contributed by atoms with E-state index in [4.69, 9.17) is 10.7 Å². The molecule has 1 aromatic carbocycles. The fourth-order valence-electron chi connectivity index (χ4n) is 3.40. The highest BCUT2D eigenvalue weighted by Crippen LogP contribution is 2.26. The zero-order valence-corrected chi connectivity index (χ0v) is 15.3. The van der Waals surface area contributed by atoms with Gasteiger partial charge in [-0.3, -0.25) is 0 Å². The van der Waals surface area contributed by atoms with E-state index in [2.05, 4.69) is 30.2 Å². The molecule has 28 heavy (non-hydrogen) atoms. The van der Waals surface area contributed by atoms with Crippen LogP contribution in [0.1, 0.15) is 0 Å². The summed E-state index contributed by atoms with van der Waals surface area (Å²) in [6.45, 7) is 3.88. The number of benzene rings is 1. The van der Waals surface area contributed by atoms with Crippen LogP contribution < -0.4 is 16.0 Å². The largest absolute Gasteiger partial charge is 0.382 e. The predicted octanol–water partition coefficient (Wildman–Crippen LogP) is 2.07. The zero-order chi connectivity index (χ0) is 18.9. The quantitative estimate of drug-likeness (QED) is 0.505. The van der Waals surface area contributed by atoms with Gasteiger partial charge in [0.1, 0.15) is 11.5 Å². The second-order valence-electron chi connectivity index (χ2n) is 6.73. The average Bonchev–Trinajstić information content (AvgIpc) is 3.19. The molecular weight excluding hydrogens is 352 g/mol. The van der Waals surface area contributed by atoms with Crippen LogP contribution in [-0.2, 0) is 0 Å². The SMILES string of the molecule is Nc1ncc(-c2ccc(N3CCNCC3)nc2)nc1-c1nc2ccccc2[nH]1. The molecule has 8 nitrogen and oxygen atoms in total. The van der Waals surface area contributed by atoms with Gasteiger partial charge in [-0.2, -0.15) is 0 Å². The van der Waals surface area contributed by atoms with Gasteiger partial charge in [-0.15, -0.1) is 0 Å². The number of aromatic nitrogens is 5. The summed E-state index contributed by atoms with van der Waals surface area (Å²) in [5, 5.41) is 3.35. The number of nitrogen functional groups attached to an aromatic ring is 1. The van der Waals surface area contributed by atoms with Gasteiger partial charge in [0, 0.05) is 37.9 Å². The molecule has 140 valence electrons. The van der Waals surface area contributed by atoms with Crippen molar-refractivity contribution in [2.45, 2.75) is 0 Å². The van der Waals surface area contributed by atoms with E-state index >= 15 is 0 Å². The summed E-state index contributed by atoms with van der Waals surface area (Å²) < 4.78 is 0. The van der Waals surface area contributed by atoms with E-state index in [1.807, 2.05) is 42.6 Å². The van der Waals surface area contributed by atoms with E-state index in [0.717, 1.165) is 48.6 Å². The van der Waals surface area contributed by atoms with Crippen LogP contribution in [0.15, 0.2) is 48.8 Å². The molecule has 0 bridgehead atoms. The number of nitrogens with zero attached hydrogens (tertiary/aromatic N) is 5. The lowest BCUT2D eigenvalue weighted by Gasteiger charge is -2.28. The number of H-pyrrole nitrogens is 1. The molecule has 0 atom stereocenters. The van der Waals surface area contributed by atoms with Gasteiger partial charge in [0.25, 0.3) is 0 Å². The Labute approximate surface area is 161 Å². The third-order valence-electron chi connectivity index (χ3n) is 4.90. The third-order valence-corrected chi connectivity index (χ3v) is 4.90. The molecule has 0 unspecified atom stereocenters. The highest BCUT2D eigenvalue weighted by atomic mass is 15.2. The van der Waals surface area contributed by atoms with E-state index in [0.29, 0.717) is 23.0 Å². The van der Waals surface area contributed by atoms with E-state index < -0.39 is 0 Å². The first kappa shape index (κ1) is 16.6. The van der Waals surface area contributed by atoms with Crippen molar-refractivity contribution in [3.05, 3.63) is 48.8 Å². The Morgan fingerprint density at radius 3 is 2.57 bits per heavy atom. The lowest BCUT2D eigenvalue weighted by molar-refractivity contribution is 0.585. The van der Waals surface area contributed by atoms with Crippen molar-refractivity contribution in [2.75, 3.05) is 36.8 Å². The van der Waals surface area contributed by atoms with Crippen LogP contribution >= 0.6 is 0 Å². The maximum Gasteiger partial charge on any atom is 0.161 e. The molecule has 0 spiro atoms. The Hall–Kier alpha value is -3.52. The first-order valence-corrected chi connectivity index (χ1v) is 9.28. The van der Waals surface area contributed by atoms with E-state index in [9.17, 15) is 0 Å². The molecule has 0 saturated carbocycles. The molecule has 3 aromatic heterocycles. The van der Waals surface area contributed by atoms with Crippen LogP contribution in [-0.4, -0.2) is 51.1 Å². The number of nitrogens with two attached hydrogens (primary N) is 1. The summed E-state index contributed by atoms with van der Waals surface area (Å²) in [6, 6.07) is 11.9. The number of pyridine rings is 1. The van der Waals surface area contributed by atoms with Gasteiger partial charge in [-0.25, -0.2) is 19.9 Å². The Kier molecular flexibility index (Phi) is 4.10. The van der Waals surface area contributed by atoms with Crippen molar-refractivity contribution < 1.29 is 0 Å². The number of piperazine rings is 1. The zero-order valence-electron chi connectivity index (χ0n) is 15.3. The Morgan fingerprint density at radius 2 is 1.79 bits per heavy atom. The molecule has 4 heterocycles. The van der Waals surface area contributed by atoms with Crippen molar-refractivity contribution in [1.29, 1.82) is 0 Å². The Morgan fingerprint density at radius 1 is 0.929 bits per heavy atom. The molecule has 1 aliphatic rings. The molecule has 4 aromatic rings. The van der Waals surface area contributed by atoms with E-state index in [1.165, 1.54) is 0 Å². The smallest absolute Gasteiger partial charge is 0.161 e. The number of hydrogen-bond donors (Lipinski definition) is 3. The van der Waals surface area contributed by atoms with Gasteiger partial charge >= 0.3 is 0 Å². The molecule has 0 radical (unpaired) electrons. The van der Waals surface area contributed by atoms with Crippen molar-refractivity contribution in [3.8, 4) is 22.8 Å². The van der Waals surface area contributed by atoms with Crippen LogP contribution in [0.25, 0.3) is 33.8 Å². The minimum absolute atomic E-state index is 0.341. The van der Waals surface area contributed by atoms with Crippen LogP contribution in [0.2, 0.25) is 0 Å². The third kappa shape index (κ3) is 3.03. The Bertz CT molecular complexity index is 1080.